The molecule has 2 rings (SSSR count). The minimum atomic E-state index is -0.262. The van der Waals surface area contributed by atoms with Crippen LogP contribution in [-0.4, -0.2) is 16.0 Å². The van der Waals surface area contributed by atoms with E-state index in [-0.39, 0.29) is 11.7 Å². The Balaban J connectivity index is 2.23. The minimum absolute atomic E-state index is 0.0965. The van der Waals surface area contributed by atoms with E-state index in [1.165, 1.54) is 12.1 Å². The first kappa shape index (κ1) is 14.0. The van der Waals surface area contributed by atoms with Gasteiger partial charge in [0.25, 0.3) is 5.91 Å². The monoisotopic (exact) mass is 286 g/mol. The molecule has 4 N–H and O–H groups in total. The van der Waals surface area contributed by atoms with Crippen molar-refractivity contribution in [3.63, 3.8) is 0 Å². The second kappa shape index (κ2) is 6.16. The van der Waals surface area contributed by atoms with Crippen LogP contribution >= 0.6 is 12.2 Å². The lowest BCUT2D eigenvalue weighted by atomic mass is 10.0. The van der Waals surface area contributed by atoms with Gasteiger partial charge in [0, 0.05) is 23.7 Å². The maximum absolute atomic E-state index is 12.3. The van der Waals surface area contributed by atoms with Gasteiger partial charge in [0.15, 0.2) is 0 Å². The van der Waals surface area contributed by atoms with E-state index in [0.717, 1.165) is 5.56 Å². The molecule has 0 saturated heterocycles. The lowest BCUT2D eigenvalue weighted by Crippen LogP contribution is -2.18. The topological polar surface area (TPSA) is 75.4 Å². The molecule has 5 heteroatoms. The number of hydrogen-bond donors (Lipinski definition) is 3. The number of hydrogen-bond acceptors (Lipinski definition) is 3. The zero-order valence-electron chi connectivity index (χ0n) is 10.7. The minimum Gasteiger partial charge on any atom is -0.508 e. The van der Waals surface area contributed by atoms with Gasteiger partial charge in [0.05, 0.1) is 4.99 Å². The maximum atomic E-state index is 12.3. The van der Waals surface area contributed by atoms with Gasteiger partial charge >= 0.3 is 0 Å². The predicted molar refractivity (Wildman–Crippen MR) is 83.0 cm³/mol. The summed E-state index contributed by atoms with van der Waals surface area (Å²) in [7, 11) is 0. The molecule has 2 aromatic carbocycles. The second-order valence-corrected chi connectivity index (χ2v) is 4.83. The highest BCUT2D eigenvalue weighted by molar-refractivity contribution is 7.80. The van der Waals surface area contributed by atoms with Crippen molar-refractivity contribution in [1.82, 2.24) is 0 Å². The Morgan fingerprint density at radius 1 is 1.20 bits per heavy atom. The van der Waals surface area contributed by atoms with Crippen molar-refractivity contribution in [1.29, 1.82) is 0 Å². The highest BCUT2D eigenvalue weighted by Gasteiger charge is 2.11. The van der Waals surface area contributed by atoms with Crippen LogP contribution in [0.4, 0.5) is 5.69 Å². The van der Waals surface area contributed by atoms with Gasteiger partial charge in [0.1, 0.15) is 5.75 Å². The Morgan fingerprint density at radius 2 is 1.95 bits per heavy atom. The smallest absolute Gasteiger partial charge is 0.255 e. The van der Waals surface area contributed by atoms with Gasteiger partial charge < -0.3 is 16.2 Å². The number of thiocarbonyl (C=S) groups is 1. The Kier molecular flexibility index (Phi) is 4.32. The van der Waals surface area contributed by atoms with Crippen LogP contribution in [0.2, 0.25) is 0 Å². The number of amides is 1. The molecule has 0 radical (unpaired) electrons. The molecule has 0 unspecified atom stereocenters. The number of nitrogens with two attached hydrogens (primary N) is 1. The molecule has 1 amide bonds. The van der Waals surface area contributed by atoms with Gasteiger partial charge in [-0.05, 0) is 23.8 Å². The van der Waals surface area contributed by atoms with E-state index in [1.54, 1.807) is 24.3 Å². The molecule has 102 valence electrons. The molecule has 0 spiro atoms. The van der Waals surface area contributed by atoms with Crippen LogP contribution in [0.25, 0.3) is 0 Å². The third-order valence-corrected chi connectivity index (χ3v) is 2.88. The normalized spacial score (nSPS) is 10.0. The summed E-state index contributed by atoms with van der Waals surface area (Å²) >= 11 is 4.88. The van der Waals surface area contributed by atoms with E-state index in [2.05, 4.69) is 5.32 Å². The fraction of sp³-hybridized carbons (Fsp3) is 0.0667. The highest BCUT2D eigenvalue weighted by Crippen LogP contribution is 2.17. The van der Waals surface area contributed by atoms with Gasteiger partial charge in [-0.2, -0.15) is 0 Å². The second-order valence-electron chi connectivity index (χ2n) is 4.30. The first-order chi connectivity index (χ1) is 9.56. The number of anilines is 1. The summed E-state index contributed by atoms with van der Waals surface area (Å²) in [5.74, 6) is -0.165. The third kappa shape index (κ3) is 3.55. The van der Waals surface area contributed by atoms with E-state index < -0.39 is 0 Å². The molecule has 0 fully saturated rings. The average molecular weight is 286 g/mol. The Hall–Kier alpha value is -2.40. The largest absolute Gasteiger partial charge is 0.508 e. The Bertz CT molecular complexity index is 656. The van der Waals surface area contributed by atoms with Crippen LogP contribution in [0.1, 0.15) is 15.9 Å². The van der Waals surface area contributed by atoms with Crippen molar-refractivity contribution in [3.8, 4) is 5.75 Å². The van der Waals surface area contributed by atoms with Crippen molar-refractivity contribution in [3.05, 3.63) is 59.7 Å². The number of aromatic hydroxyl groups is 1. The quantitative estimate of drug-likeness (QED) is 0.755. The fourth-order valence-electron chi connectivity index (χ4n) is 1.87. The lowest BCUT2D eigenvalue weighted by molar-refractivity contribution is 0.102. The van der Waals surface area contributed by atoms with Crippen molar-refractivity contribution < 1.29 is 9.90 Å². The Labute approximate surface area is 122 Å². The number of benzene rings is 2. The molecule has 0 aliphatic carbocycles. The first-order valence-electron chi connectivity index (χ1n) is 6.03. The molecule has 0 aliphatic heterocycles. The summed E-state index contributed by atoms with van der Waals surface area (Å²) in [5.41, 5.74) is 7.35. The van der Waals surface area contributed by atoms with Crippen LogP contribution in [0.15, 0.2) is 48.5 Å². The number of nitrogens with one attached hydrogen (secondary N) is 1. The summed E-state index contributed by atoms with van der Waals surface area (Å²) in [5, 5.41) is 12.1. The molecule has 0 heterocycles. The summed E-state index contributed by atoms with van der Waals surface area (Å²) in [4.78, 5) is 12.6. The maximum Gasteiger partial charge on any atom is 0.255 e. The van der Waals surface area contributed by atoms with E-state index in [4.69, 9.17) is 18.0 Å². The third-order valence-electron chi connectivity index (χ3n) is 2.73. The number of phenolic OH excluding ortho intramolecular Hbond substituents is 1. The summed E-state index contributed by atoms with van der Waals surface area (Å²) < 4.78 is 0. The zero-order valence-corrected chi connectivity index (χ0v) is 11.5. The molecule has 20 heavy (non-hydrogen) atoms. The molecule has 0 bridgehead atoms. The summed E-state index contributed by atoms with van der Waals surface area (Å²) in [6.45, 7) is 0. The van der Waals surface area contributed by atoms with Crippen LogP contribution < -0.4 is 11.1 Å². The van der Waals surface area contributed by atoms with Crippen LogP contribution in [0, 0.1) is 0 Å². The Morgan fingerprint density at radius 3 is 2.65 bits per heavy atom. The zero-order chi connectivity index (χ0) is 14.5. The molecule has 0 aromatic heterocycles. The van der Waals surface area contributed by atoms with E-state index in [1.807, 2.05) is 12.1 Å². The van der Waals surface area contributed by atoms with Crippen LogP contribution in [-0.2, 0) is 6.42 Å². The lowest BCUT2D eigenvalue weighted by Gasteiger charge is -2.10. The fourth-order valence-corrected chi connectivity index (χ4v) is 2.02. The molecule has 0 saturated carbocycles. The summed E-state index contributed by atoms with van der Waals surface area (Å²) in [6.07, 6.45) is 0.374. The molecule has 0 atom stereocenters. The highest BCUT2D eigenvalue weighted by atomic mass is 32.1. The molecule has 4 nitrogen and oxygen atoms in total. The molecular formula is C15H14N2O2S. The number of carbonyl (C=O) groups excluding carboxylic acids is 1. The average Bonchev–Trinajstić information content (AvgIpc) is 2.38. The van der Waals surface area contributed by atoms with Crippen molar-refractivity contribution in [2.75, 3.05) is 5.32 Å². The van der Waals surface area contributed by atoms with Gasteiger partial charge in [-0.25, -0.2) is 0 Å². The van der Waals surface area contributed by atoms with Crippen molar-refractivity contribution in [2.24, 2.45) is 5.73 Å². The SMILES string of the molecule is NC(=S)Cc1ccccc1C(=O)Nc1cccc(O)c1. The number of phenols is 1. The van der Waals surface area contributed by atoms with E-state index in [0.29, 0.717) is 22.7 Å². The van der Waals surface area contributed by atoms with E-state index in [9.17, 15) is 9.90 Å². The number of carbonyl (C=O) groups is 1. The first-order valence-corrected chi connectivity index (χ1v) is 6.43. The number of rotatable bonds is 4. The van der Waals surface area contributed by atoms with Crippen molar-refractivity contribution >= 4 is 28.8 Å². The van der Waals surface area contributed by atoms with Crippen LogP contribution in [0.5, 0.6) is 5.75 Å². The predicted octanol–water partition coefficient (Wildman–Crippen LogP) is 2.47. The van der Waals surface area contributed by atoms with E-state index >= 15 is 0 Å². The standard InChI is InChI=1S/C15H14N2O2S/c16-14(20)8-10-4-1-2-7-13(10)15(19)17-11-5-3-6-12(18)9-11/h1-7,9,18H,8H2,(H2,16,20)(H,17,19). The van der Waals surface area contributed by atoms with Crippen LogP contribution in [0.3, 0.4) is 0 Å². The van der Waals surface area contributed by atoms with Gasteiger partial charge in [-0.3, -0.25) is 4.79 Å². The van der Waals surface area contributed by atoms with Gasteiger partial charge in [-0.15, -0.1) is 0 Å². The molecule has 0 aliphatic rings. The molecule has 2 aromatic rings. The van der Waals surface area contributed by atoms with Gasteiger partial charge in [-0.1, -0.05) is 36.5 Å². The summed E-state index contributed by atoms with van der Waals surface area (Å²) in [6, 6.07) is 13.5. The van der Waals surface area contributed by atoms with Gasteiger partial charge in [0.2, 0.25) is 0 Å². The van der Waals surface area contributed by atoms with Crippen molar-refractivity contribution in [2.45, 2.75) is 6.42 Å². The molecular weight excluding hydrogens is 272 g/mol.